The average molecular weight is 736 g/mol. The van der Waals surface area contributed by atoms with E-state index in [0.717, 1.165) is 26.8 Å². The largest absolute Gasteiger partial charge is 0.497 e. The normalized spacial score (nSPS) is 18.6. The summed E-state index contributed by atoms with van der Waals surface area (Å²) < 4.78 is 30.5. The van der Waals surface area contributed by atoms with Crippen molar-refractivity contribution >= 4 is 11.7 Å². The molecule has 1 amide bonds. The molecule has 5 aromatic rings. The summed E-state index contributed by atoms with van der Waals surface area (Å²) in [7, 11) is 3.18. The van der Waals surface area contributed by atoms with Gasteiger partial charge in [0.25, 0.3) is 5.91 Å². The minimum Gasteiger partial charge on any atom is -0.497 e. The van der Waals surface area contributed by atoms with Gasteiger partial charge in [0.1, 0.15) is 47.0 Å². The predicted molar refractivity (Wildman–Crippen MR) is 202 cm³/mol. The van der Waals surface area contributed by atoms with Gasteiger partial charge in [0, 0.05) is 6.20 Å². The number of benzene rings is 4. The van der Waals surface area contributed by atoms with Crippen molar-refractivity contribution in [1.82, 2.24) is 9.55 Å². The zero-order chi connectivity index (χ0) is 38.5. The van der Waals surface area contributed by atoms with E-state index in [1.54, 1.807) is 26.4 Å². The lowest BCUT2D eigenvalue weighted by molar-refractivity contribution is -0.118. The number of hydrogen-bond donors (Lipinski definition) is 3. The summed E-state index contributed by atoms with van der Waals surface area (Å²) in [5, 5.41) is 24.9. The van der Waals surface area contributed by atoms with Crippen LogP contribution in [0.15, 0.2) is 120 Å². The number of carbonyl (C=O) groups is 1. The average Bonchev–Trinajstić information content (AvgIpc) is 3.46. The van der Waals surface area contributed by atoms with Gasteiger partial charge in [-0.1, -0.05) is 87.5 Å². The first-order valence-electron chi connectivity index (χ1n) is 17.6. The van der Waals surface area contributed by atoms with Crippen molar-refractivity contribution in [3.8, 4) is 17.2 Å². The molecular formula is C42H45N3O9. The molecule has 1 aromatic heterocycles. The third kappa shape index (κ3) is 8.17. The van der Waals surface area contributed by atoms with Crippen LogP contribution in [0.4, 0.5) is 5.82 Å². The van der Waals surface area contributed by atoms with E-state index in [-0.39, 0.29) is 24.4 Å². The highest BCUT2D eigenvalue weighted by molar-refractivity contribution is 5.90. The van der Waals surface area contributed by atoms with Gasteiger partial charge < -0.3 is 39.2 Å². The summed E-state index contributed by atoms with van der Waals surface area (Å²) in [5.41, 5.74) is 1.44. The first kappa shape index (κ1) is 38.2. The van der Waals surface area contributed by atoms with Crippen LogP contribution in [0.5, 0.6) is 17.2 Å². The molecule has 282 valence electrons. The molecule has 4 atom stereocenters. The Morgan fingerprint density at radius 2 is 1.30 bits per heavy atom. The highest BCUT2D eigenvalue weighted by atomic mass is 16.6. The number of ether oxygens (including phenoxy) is 5. The lowest BCUT2D eigenvalue weighted by Gasteiger charge is -2.37. The maximum absolute atomic E-state index is 13.2. The molecule has 0 radical (unpaired) electrons. The van der Waals surface area contributed by atoms with Crippen LogP contribution in [0.3, 0.4) is 0 Å². The van der Waals surface area contributed by atoms with Gasteiger partial charge in [-0.25, -0.2) is 4.79 Å². The van der Waals surface area contributed by atoms with Crippen molar-refractivity contribution in [3.63, 3.8) is 0 Å². The molecule has 1 aliphatic heterocycles. The number of rotatable bonds is 13. The zero-order valence-electron chi connectivity index (χ0n) is 30.8. The van der Waals surface area contributed by atoms with Crippen LogP contribution in [-0.2, 0) is 25.3 Å². The minimum absolute atomic E-state index is 0.00697. The minimum atomic E-state index is -1.50. The Bertz CT molecular complexity index is 2020. The van der Waals surface area contributed by atoms with E-state index in [9.17, 15) is 19.8 Å². The van der Waals surface area contributed by atoms with Crippen LogP contribution in [0.25, 0.3) is 0 Å². The highest BCUT2D eigenvalue weighted by Crippen LogP contribution is 2.43. The molecule has 1 fully saturated rings. The van der Waals surface area contributed by atoms with Crippen LogP contribution in [-0.4, -0.2) is 71.4 Å². The van der Waals surface area contributed by atoms with Crippen molar-refractivity contribution in [1.29, 1.82) is 0 Å². The van der Waals surface area contributed by atoms with E-state index < -0.39 is 41.7 Å². The van der Waals surface area contributed by atoms with Crippen LogP contribution in [0.1, 0.15) is 49.3 Å². The molecule has 1 saturated heterocycles. The second kappa shape index (κ2) is 16.2. The lowest BCUT2D eigenvalue weighted by atomic mass is 9.80. The number of aliphatic hydroxyl groups excluding tert-OH is 2. The Morgan fingerprint density at radius 1 is 0.759 bits per heavy atom. The molecule has 6 rings (SSSR count). The number of aromatic nitrogens is 2. The van der Waals surface area contributed by atoms with Crippen LogP contribution in [0, 0.1) is 0 Å². The summed E-state index contributed by atoms with van der Waals surface area (Å²) in [6.45, 7) is 5.85. The quantitative estimate of drug-likeness (QED) is 0.138. The van der Waals surface area contributed by atoms with Gasteiger partial charge in [0.2, 0.25) is 0 Å². The Labute approximate surface area is 313 Å². The number of amides is 1. The van der Waals surface area contributed by atoms with Gasteiger partial charge in [-0.2, -0.15) is 4.98 Å². The molecule has 54 heavy (non-hydrogen) atoms. The van der Waals surface area contributed by atoms with Crippen molar-refractivity contribution in [2.24, 2.45) is 0 Å². The maximum atomic E-state index is 13.2. The van der Waals surface area contributed by atoms with Crippen LogP contribution < -0.4 is 25.2 Å². The fraction of sp³-hybridized carbons (Fsp3) is 0.310. The number of aliphatic hydroxyl groups is 2. The number of nitrogens with zero attached hydrogens (tertiary/aromatic N) is 2. The molecule has 2 heterocycles. The second-order valence-electron chi connectivity index (χ2n) is 14.0. The third-order valence-corrected chi connectivity index (χ3v) is 9.44. The molecule has 0 unspecified atom stereocenters. The van der Waals surface area contributed by atoms with Crippen molar-refractivity contribution < 1.29 is 38.7 Å². The summed E-state index contributed by atoms with van der Waals surface area (Å²) in [4.78, 5) is 29.8. The molecule has 3 N–H and O–H groups in total. The lowest BCUT2D eigenvalue weighted by Crippen LogP contribution is -2.39. The highest BCUT2D eigenvalue weighted by Gasteiger charge is 2.46. The molecule has 0 aliphatic carbocycles. The monoisotopic (exact) mass is 735 g/mol. The standard InChI is InChI=1S/C42H45N3O9/c1-41(2,3)27-11-21-33(22-12-27)52-26-36(46)43-35-23-24-45(40(49)44-35)39-38(48)37(47)34(54-39)25-53-42(28-9-7-6-8-10-28,29-13-17-31(50-4)18-14-29)30-15-19-32(51-5)20-16-30/h6-24,34,37-39,47-48H,25-26H2,1-5H3,(H,43,44,46,49)/t34-,37-,38-,39-/m1/s1. The van der Waals surface area contributed by atoms with E-state index in [1.165, 1.54) is 12.3 Å². The van der Waals surface area contributed by atoms with Crippen molar-refractivity contribution in [3.05, 3.63) is 148 Å². The maximum Gasteiger partial charge on any atom is 0.351 e. The van der Waals surface area contributed by atoms with Crippen LogP contribution >= 0.6 is 0 Å². The van der Waals surface area contributed by atoms with Gasteiger partial charge in [-0.3, -0.25) is 9.36 Å². The number of methoxy groups -OCH3 is 2. The molecule has 0 saturated carbocycles. The van der Waals surface area contributed by atoms with Crippen molar-refractivity contribution in [2.75, 3.05) is 32.8 Å². The Hall–Kier alpha value is -5.53. The van der Waals surface area contributed by atoms with E-state index in [2.05, 4.69) is 31.1 Å². The zero-order valence-corrected chi connectivity index (χ0v) is 30.8. The van der Waals surface area contributed by atoms with E-state index in [4.69, 9.17) is 23.7 Å². The first-order valence-corrected chi connectivity index (χ1v) is 17.6. The molecule has 0 spiro atoms. The van der Waals surface area contributed by atoms with E-state index >= 15 is 0 Å². The number of hydrogen-bond acceptors (Lipinski definition) is 10. The van der Waals surface area contributed by atoms with Gasteiger partial charge >= 0.3 is 5.69 Å². The fourth-order valence-corrected chi connectivity index (χ4v) is 6.43. The molecule has 1 aliphatic rings. The topological polar surface area (TPSA) is 151 Å². The smallest absolute Gasteiger partial charge is 0.351 e. The summed E-state index contributed by atoms with van der Waals surface area (Å²) >= 11 is 0. The summed E-state index contributed by atoms with van der Waals surface area (Å²) in [5.74, 6) is 1.33. The molecule has 4 aromatic carbocycles. The summed E-state index contributed by atoms with van der Waals surface area (Å²) in [6.07, 6.45) is -3.92. The van der Waals surface area contributed by atoms with Gasteiger partial charge in [0.15, 0.2) is 12.8 Å². The van der Waals surface area contributed by atoms with Gasteiger partial charge in [-0.05, 0) is 70.1 Å². The first-order chi connectivity index (χ1) is 25.9. The molecule has 0 bridgehead atoms. The number of anilines is 1. The Balaban J connectivity index is 1.19. The van der Waals surface area contributed by atoms with Crippen LogP contribution in [0.2, 0.25) is 0 Å². The van der Waals surface area contributed by atoms with Crippen molar-refractivity contribution in [2.45, 2.75) is 56.3 Å². The fourth-order valence-electron chi connectivity index (χ4n) is 6.43. The summed E-state index contributed by atoms with van der Waals surface area (Å²) in [6, 6.07) is 33.5. The van der Waals surface area contributed by atoms with Gasteiger partial charge in [0.05, 0.1) is 20.8 Å². The van der Waals surface area contributed by atoms with E-state index in [0.29, 0.717) is 17.2 Å². The Morgan fingerprint density at radius 3 is 1.83 bits per heavy atom. The van der Waals surface area contributed by atoms with Gasteiger partial charge in [-0.15, -0.1) is 0 Å². The SMILES string of the molecule is COc1ccc(C(OC[C@H]2O[C@@H](n3ccc(NC(=O)COc4ccc(C(C)(C)C)cc4)nc3=O)[C@H](O)[C@@H]2O)(c2ccccc2)c2ccc(OC)cc2)cc1. The third-order valence-electron chi connectivity index (χ3n) is 9.44. The number of carbonyl (C=O) groups excluding carboxylic acids is 1. The number of nitrogens with one attached hydrogen (secondary N) is 1. The Kier molecular flexibility index (Phi) is 11.5. The van der Waals surface area contributed by atoms with E-state index in [1.807, 2.05) is 91.0 Å². The molecule has 12 nitrogen and oxygen atoms in total. The predicted octanol–water partition coefficient (Wildman–Crippen LogP) is 5.20. The molecular weight excluding hydrogens is 690 g/mol. The second-order valence-corrected chi connectivity index (χ2v) is 14.0. The molecule has 12 heteroatoms.